The first-order valence-electron chi connectivity index (χ1n) is 6.01. The maximum absolute atomic E-state index is 11.0. The summed E-state index contributed by atoms with van der Waals surface area (Å²) in [5.41, 5.74) is 1.24. The Kier molecular flexibility index (Phi) is 7.14. The van der Waals surface area contributed by atoms with Gasteiger partial charge in [-0.15, -0.1) is 0 Å². The number of carbonyl (C=O) groups excluding carboxylic acids is 1. The van der Waals surface area contributed by atoms with Crippen LogP contribution in [0, 0.1) is 0 Å². The summed E-state index contributed by atoms with van der Waals surface area (Å²) in [7, 11) is 0. The summed E-state index contributed by atoms with van der Waals surface area (Å²) in [4.78, 5) is 11.0. The van der Waals surface area contributed by atoms with Gasteiger partial charge in [0, 0.05) is 17.6 Å². The number of ether oxygens (including phenoxy) is 1. The van der Waals surface area contributed by atoms with Gasteiger partial charge < -0.3 is 10.1 Å². The van der Waals surface area contributed by atoms with Crippen LogP contribution in [0.1, 0.15) is 12.5 Å². The minimum absolute atomic E-state index is 0.294. The lowest BCUT2D eigenvalue weighted by Gasteiger charge is -2.02. The summed E-state index contributed by atoms with van der Waals surface area (Å²) in [6.07, 6.45) is 4.14. The van der Waals surface area contributed by atoms with Crippen molar-refractivity contribution in [1.29, 1.82) is 0 Å². The van der Waals surface area contributed by atoms with Gasteiger partial charge in [-0.05, 0) is 37.6 Å². The smallest absolute Gasteiger partial charge is 0.330 e. The Morgan fingerprint density at radius 2 is 2.11 bits per heavy atom. The summed E-state index contributed by atoms with van der Waals surface area (Å²) in [5.74, 6) is -0.294. The molecule has 1 aromatic carbocycles. The van der Waals surface area contributed by atoms with Gasteiger partial charge in [-0.1, -0.05) is 29.8 Å². The molecule has 0 unspecified atom stereocenters. The average Bonchev–Trinajstić information content (AvgIpc) is 2.36. The first-order valence-corrected chi connectivity index (χ1v) is 6.38. The number of rotatable bonds is 7. The zero-order valence-corrected chi connectivity index (χ0v) is 11.2. The van der Waals surface area contributed by atoms with E-state index < -0.39 is 0 Å². The van der Waals surface area contributed by atoms with Crippen LogP contribution in [0.25, 0.3) is 0 Å². The molecule has 1 N–H and O–H groups in total. The number of hydrogen-bond acceptors (Lipinski definition) is 3. The lowest BCUT2D eigenvalue weighted by molar-refractivity contribution is -0.137. The Morgan fingerprint density at radius 1 is 1.39 bits per heavy atom. The van der Waals surface area contributed by atoms with E-state index in [1.54, 1.807) is 13.0 Å². The van der Waals surface area contributed by atoms with Crippen LogP contribution in [0.5, 0.6) is 0 Å². The Bertz CT molecular complexity index is 387. The van der Waals surface area contributed by atoms with Crippen LogP contribution in [-0.4, -0.2) is 25.7 Å². The third kappa shape index (κ3) is 6.42. The molecule has 0 atom stereocenters. The maximum atomic E-state index is 11.0. The van der Waals surface area contributed by atoms with Gasteiger partial charge in [-0.2, -0.15) is 0 Å². The number of halogens is 1. The molecule has 0 aliphatic carbocycles. The van der Waals surface area contributed by atoms with E-state index in [0.29, 0.717) is 13.2 Å². The van der Waals surface area contributed by atoms with Crippen LogP contribution >= 0.6 is 11.6 Å². The Balaban J connectivity index is 2.12. The lowest BCUT2D eigenvalue weighted by Crippen LogP contribution is -2.17. The van der Waals surface area contributed by atoms with Crippen molar-refractivity contribution >= 4 is 17.6 Å². The summed E-state index contributed by atoms with van der Waals surface area (Å²) in [5, 5.41) is 3.97. The molecular weight excluding hydrogens is 250 g/mol. The second kappa shape index (κ2) is 8.72. The van der Waals surface area contributed by atoms with Crippen LogP contribution in [0.4, 0.5) is 0 Å². The van der Waals surface area contributed by atoms with Crippen molar-refractivity contribution < 1.29 is 9.53 Å². The number of hydrogen-bond donors (Lipinski definition) is 1. The second-order valence-electron chi connectivity index (χ2n) is 3.74. The van der Waals surface area contributed by atoms with Crippen LogP contribution in [-0.2, 0) is 16.0 Å². The van der Waals surface area contributed by atoms with E-state index in [9.17, 15) is 4.79 Å². The fourth-order valence-electron chi connectivity index (χ4n) is 1.41. The molecule has 98 valence electrons. The highest BCUT2D eigenvalue weighted by Crippen LogP contribution is 2.09. The summed E-state index contributed by atoms with van der Waals surface area (Å²) in [6, 6.07) is 7.80. The molecule has 0 heterocycles. The molecule has 0 aromatic heterocycles. The molecule has 4 heteroatoms. The normalized spacial score (nSPS) is 10.8. The minimum Gasteiger partial charge on any atom is -0.463 e. The third-order valence-electron chi connectivity index (χ3n) is 2.31. The molecule has 18 heavy (non-hydrogen) atoms. The monoisotopic (exact) mass is 267 g/mol. The first kappa shape index (κ1) is 14.7. The van der Waals surface area contributed by atoms with E-state index >= 15 is 0 Å². The Labute approximate surface area is 113 Å². The largest absolute Gasteiger partial charge is 0.463 e. The van der Waals surface area contributed by atoms with Crippen LogP contribution in [0.3, 0.4) is 0 Å². The molecule has 0 aliphatic rings. The molecule has 3 nitrogen and oxygen atoms in total. The highest BCUT2D eigenvalue weighted by molar-refractivity contribution is 6.30. The molecular formula is C14H18ClNO2. The van der Waals surface area contributed by atoms with Gasteiger partial charge in [0.2, 0.25) is 0 Å². The molecule has 0 aliphatic heterocycles. The van der Waals surface area contributed by atoms with E-state index in [2.05, 4.69) is 5.32 Å². The highest BCUT2D eigenvalue weighted by atomic mass is 35.5. The van der Waals surface area contributed by atoms with Gasteiger partial charge in [0.15, 0.2) is 0 Å². The zero-order valence-electron chi connectivity index (χ0n) is 10.5. The molecule has 1 rings (SSSR count). The van der Waals surface area contributed by atoms with Crippen LogP contribution < -0.4 is 5.32 Å². The molecule has 0 bridgehead atoms. The fourth-order valence-corrected chi connectivity index (χ4v) is 1.54. The summed E-state index contributed by atoms with van der Waals surface area (Å²) in [6.45, 7) is 3.71. The van der Waals surface area contributed by atoms with E-state index in [1.165, 1.54) is 11.6 Å². The maximum Gasteiger partial charge on any atom is 0.330 e. The van der Waals surface area contributed by atoms with Crippen molar-refractivity contribution in [1.82, 2.24) is 5.32 Å². The van der Waals surface area contributed by atoms with Crippen molar-refractivity contribution in [2.45, 2.75) is 13.3 Å². The predicted molar refractivity (Wildman–Crippen MR) is 73.8 cm³/mol. The molecule has 0 amide bonds. The van der Waals surface area contributed by atoms with Crippen LogP contribution in [0.2, 0.25) is 5.02 Å². The van der Waals surface area contributed by atoms with Crippen molar-refractivity contribution in [3.63, 3.8) is 0 Å². The van der Waals surface area contributed by atoms with Gasteiger partial charge in [0.1, 0.15) is 0 Å². The van der Waals surface area contributed by atoms with E-state index in [4.69, 9.17) is 16.3 Å². The standard InChI is InChI=1S/C14H18ClNO2/c1-2-18-14(17)4-3-10-16-11-9-12-5-7-13(15)8-6-12/h3-8,16H,2,9-11H2,1H3/b4-3+. The van der Waals surface area contributed by atoms with Crippen molar-refractivity contribution in [3.05, 3.63) is 47.0 Å². The Morgan fingerprint density at radius 3 is 2.78 bits per heavy atom. The van der Waals surface area contributed by atoms with Gasteiger partial charge in [0.25, 0.3) is 0 Å². The van der Waals surface area contributed by atoms with Crippen molar-refractivity contribution in [3.8, 4) is 0 Å². The first-order chi connectivity index (χ1) is 8.72. The van der Waals surface area contributed by atoms with Gasteiger partial charge in [0.05, 0.1) is 6.61 Å². The fraction of sp³-hybridized carbons (Fsp3) is 0.357. The van der Waals surface area contributed by atoms with Gasteiger partial charge in [-0.25, -0.2) is 4.79 Å². The molecule has 0 radical (unpaired) electrons. The number of esters is 1. The quantitative estimate of drug-likeness (QED) is 0.469. The zero-order chi connectivity index (χ0) is 13.2. The van der Waals surface area contributed by atoms with Crippen molar-refractivity contribution in [2.75, 3.05) is 19.7 Å². The highest BCUT2D eigenvalue weighted by Gasteiger charge is 1.94. The number of nitrogens with one attached hydrogen (secondary N) is 1. The molecule has 0 spiro atoms. The second-order valence-corrected chi connectivity index (χ2v) is 4.17. The lowest BCUT2D eigenvalue weighted by atomic mass is 10.1. The summed E-state index contributed by atoms with van der Waals surface area (Å²) >= 11 is 5.80. The van der Waals surface area contributed by atoms with E-state index in [-0.39, 0.29) is 5.97 Å². The predicted octanol–water partition coefficient (Wildman–Crippen LogP) is 2.59. The molecule has 0 saturated heterocycles. The number of carbonyl (C=O) groups is 1. The topological polar surface area (TPSA) is 38.3 Å². The molecule has 0 fully saturated rings. The molecule has 1 aromatic rings. The molecule has 0 saturated carbocycles. The van der Waals surface area contributed by atoms with Gasteiger partial charge >= 0.3 is 5.97 Å². The van der Waals surface area contributed by atoms with Crippen LogP contribution in [0.15, 0.2) is 36.4 Å². The summed E-state index contributed by atoms with van der Waals surface area (Å²) < 4.78 is 4.76. The van der Waals surface area contributed by atoms with Gasteiger partial charge in [-0.3, -0.25) is 0 Å². The van der Waals surface area contributed by atoms with E-state index in [0.717, 1.165) is 18.0 Å². The van der Waals surface area contributed by atoms with E-state index in [1.807, 2.05) is 24.3 Å². The Hall–Kier alpha value is -1.32. The minimum atomic E-state index is -0.294. The number of benzene rings is 1. The SMILES string of the molecule is CCOC(=O)/C=C/CNCCc1ccc(Cl)cc1. The average molecular weight is 268 g/mol. The third-order valence-corrected chi connectivity index (χ3v) is 2.56. The van der Waals surface area contributed by atoms with Crippen molar-refractivity contribution in [2.24, 2.45) is 0 Å².